The lowest BCUT2D eigenvalue weighted by atomic mass is 10.1. The largest absolute Gasteiger partial charge is 0.397 e. The van der Waals surface area contributed by atoms with Gasteiger partial charge in [0.25, 0.3) is 0 Å². The van der Waals surface area contributed by atoms with E-state index in [1.54, 1.807) is 12.1 Å². The Hall–Kier alpha value is -1.27. The Morgan fingerprint density at radius 2 is 1.86 bits per heavy atom. The van der Waals surface area contributed by atoms with E-state index in [2.05, 4.69) is 11.8 Å². The zero-order chi connectivity index (χ0) is 15.6. The van der Waals surface area contributed by atoms with Crippen LogP contribution in [0.3, 0.4) is 0 Å². The smallest absolute Gasteiger partial charge is 0.242 e. The van der Waals surface area contributed by atoms with Crippen LogP contribution in [-0.4, -0.2) is 39.4 Å². The Morgan fingerprint density at radius 1 is 1.24 bits per heavy atom. The van der Waals surface area contributed by atoms with Crippen LogP contribution in [0.25, 0.3) is 0 Å². The third-order valence-corrected chi connectivity index (χ3v) is 6.00. The quantitative estimate of drug-likeness (QED) is 0.847. The number of benzene rings is 1. The summed E-state index contributed by atoms with van der Waals surface area (Å²) < 4.78 is 25.5. The average molecular weight is 311 g/mol. The Kier molecular flexibility index (Phi) is 4.78. The van der Waals surface area contributed by atoms with E-state index in [0.717, 1.165) is 12.2 Å². The van der Waals surface area contributed by atoms with E-state index in [1.165, 1.54) is 44.1 Å². The zero-order valence-electron chi connectivity index (χ0n) is 13.0. The number of nitrogen functional groups attached to an aromatic ring is 1. The average Bonchev–Trinajstić information content (AvgIpc) is 2.95. The minimum absolute atomic E-state index is 0.247. The Morgan fingerprint density at radius 3 is 2.33 bits per heavy atom. The van der Waals surface area contributed by atoms with Gasteiger partial charge < -0.3 is 10.6 Å². The van der Waals surface area contributed by atoms with E-state index in [9.17, 15) is 8.42 Å². The molecular weight excluding hydrogens is 286 g/mol. The van der Waals surface area contributed by atoms with Gasteiger partial charge in [-0.1, -0.05) is 12.8 Å². The highest BCUT2D eigenvalue weighted by Gasteiger charge is 2.24. The van der Waals surface area contributed by atoms with Crippen molar-refractivity contribution < 1.29 is 8.42 Å². The number of anilines is 2. The number of nitrogens with zero attached hydrogens (tertiary/aromatic N) is 2. The number of nitrogens with two attached hydrogens (primary N) is 1. The lowest BCUT2D eigenvalue weighted by Gasteiger charge is -2.31. The van der Waals surface area contributed by atoms with Gasteiger partial charge in [-0.25, -0.2) is 12.7 Å². The topological polar surface area (TPSA) is 66.6 Å². The number of rotatable bonds is 5. The molecule has 1 aromatic carbocycles. The molecule has 0 amide bonds. The van der Waals surface area contributed by atoms with E-state index in [-0.39, 0.29) is 4.90 Å². The highest BCUT2D eigenvalue weighted by molar-refractivity contribution is 7.89. The molecule has 0 bridgehead atoms. The van der Waals surface area contributed by atoms with Gasteiger partial charge in [-0.2, -0.15) is 0 Å². The Balaban J connectivity index is 2.34. The normalized spacial score (nSPS) is 16.6. The summed E-state index contributed by atoms with van der Waals surface area (Å²) in [6, 6.07) is 5.59. The summed E-state index contributed by atoms with van der Waals surface area (Å²) in [6.45, 7) is 3.00. The summed E-state index contributed by atoms with van der Waals surface area (Å²) in [4.78, 5) is 2.55. The lowest BCUT2D eigenvalue weighted by molar-refractivity contribution is 0.521. The highest BCUT2D eigenvalue weighted by atomic mass is 32.2. The monoisotopic (exact) mass is 311 g/mol. The maximum Gasteiger partial charge on any atom is 0.242 e. The van der Waals surface area contributed by atoms with Crippen LogP contribution in [0.2, 0.25) is 0 Å². The van der Waals surface area contributed by atoms with Gasteiger partial charge in [0.2, 0.25) is 10.0 Å². The van der Waals surface area contributed by atoms with Gasteiger partial charge >= 0.3 is 0 Å². The molecule has 0 atom stereocenters. The molecule has 1 aromatic rings. The first-order valence-corrected chi connectivity index (χ1v) is 8.90. The minimum atomic E-state index is -3.43. The molecule has 1 fully saturated rings. The van der Waals surface area contributed by atoms with Crippen molar-refractivity contribution in [3.05, 3.63) is 18.2 Å². The van der Waals surface area contributed by atoms with E-state index in [1.807, 2.05) is 6.07 Å². The molecule has 5 nitrogen and oxygen atoms in total. The molecule has 1 aliphatic rings. The molecule has 6 heteroatoms. The summed E-state index contributed by atoms with van der Waals surface area (Å²) in [7, 11) is -0.385. The van der Waals surface area contributed by atoms with E-state index in [0.29, 0.717) is 11.7 Å². The van der Waals surface area contributed by atoms with Crippen LogP contribution in [0, 0.1) is 0 Å². The first-order valence-electron chi connectivity index (χ1n) is 7.46. The fourth-order valence-electron chi connectivity index (χ4n) is 3.01. The third-order valence-electron chi connectivity index (χ3n) is 4.19. The fourth-order valence-corrected chi connectivity index (χ4v) is 3.94. The Labute approximate surface area is 127 Å². The number of hydrogen-bond donors (Lipinski definition) is 1. The van der Waals surface area contributed by atoms with Gasteiger partial charge in [0.15, 0.2) is 0 Å². The summed E-state index contributed by atoms with van der Waals surface area (Å²) in [5.41, 5.74) is 7.62. The van der Waals surface area contributed by atoms with Crippen LogP contribution in [0.1, 0.15) is 32.6 Å². The third kappa shape index (κ3) is 3.16. The molecule has 2 N–H and O–H groups in total. The van der Waals surface area contributed by atoms with Gasteiger partial charge in [0.05, 0.1) is 16.3 Å². The van der Waals surface area contributed by atoms with Gasteiger partial charge in [0, 0.05) is 26.7 Å². The molecule has 0 heterocycles. The molecule has 0 spiro atoms. The number of hydrogen-bond acceptors (Lipinski definition) is 4. The molecule has 118 valence electrons. The van der Waals surface area contributed by atoms with Crippen molar-refractivity contribution in [2.24, 2.45) is 0 Å². The zero-order valence-corrected chi connectivity index (χ0v) is 13.9. The molecule has 21 heavy (non-hydrogen) atoms. The minimum Gasteiger partial charge on any atom is -0.397 e. The predicted molar refractivity (Wildman–Crippen MR) is 87.0 cm³/mol. The molecule has 0 saturated heterocycles. The molecule has 1 saturated carbocycles. The highest BCUT2D eigenvalue weighted by Crippen LogP contribution is 2.33. The second kappa shape index (κ2) is 6.23. The van der Waals surface area contributed by atoms with Gasteiger partial charge in [0.1, 0.15) is 0 Å². The van der Waals surface area contributed by atoms with Gasteiger partial charge in [-0.15, -0.1) is 0 Å². The summed E-state index contributed by atoms with van der Waals surface area (Å²) in [6.07, 6.45) is 4.89. The van der Waals surface area contributed by atoms with E-state index in [4.69, 9.17) is 5.73 Å². The van der Waals surface area contributed by atoms with Crippen molar-refractivity contribution in [1.82, 2.24) is 4.31 Å². The molecule has 0 radical (unpaired) electrons. The maximum absolute atomic E-state index is 12.1. The van der Waals surface area contributed by atoms with E-state index >= 15 is 0 Å². The summed E-state index contributed by atoms with van der Waals surface area (Å²) in [5.74, 6) is 0. The van der Waals surface area contributed by atoms with Crippen LogP contribution in [0.5, 0.6) is 0 Å². The molecule has 0 unspecified atom stereocenters. The molecule has 0 aromatic heterocycles. The van der Waals surface area contributed by atoms with Gasteiger partial charge in [-0.05, 0) is 38.0 Å². The van der Waals surface area contributed by atoms with Crippen molar-refractivity contribution in [2.75, 3.05) is 31.3 Å². The summed E-state index contributed by atoms with van der Waals surface area (Å²) in [5, 5.41) is 0. The Bertz CT molecular complexity index is 593. The maximum atomic E-state index is 12.1. The molecule has 2 rings (SSSR count). The second-order valence-corrected chi connectivity index (χ2v) is 7.88. The number of sulfonamides is 1. The van der Waals surface area contributed by atoms with Crippen molar-refractivity contribution in [1.29, 1.82) is 0 Å². The SMILES string of the molecule is CCN(c1ccc(S(=O)(=O)N(C)C)cc1N)C1CCCC1. The standard InChI is InChI=1S/C15H25N3O2S/c1-4-18(12-7-5-6-8-12)15-10-9-13(11-14(15)16)21(19,20)17(2)3/h9-12H,4-8,16H2,1-3H3. The van der Waals surface area contributed by atoms with Crippen LogP contribution in [0.4, 0.5) is 11.4 Å². The van der Waals surface area contributed by atoms with Crippen LogP contribution >= 0.6 is 0 Å². The van der Waals surface area contributed by atoms with Crippen molar-refractivity contribution in [3.8, 4) is 0 Å². The lowest BCUT2D eigenvalue weighted by Crippen LogP contribution is -2.33. The first kappa shape index (κ1) is 16.1. The van der Waals surface area contributed by atoms with Crippen LogP contribution < -0.4 is 10.6 Å². The van der Waals surface area contributed by atoms with Crippen LogP contribution in [-0.2, 0) is 10.0 Å². The first-order chi connectivity index (χ1) is 9.87. The molecule has 1 aliphatic carbocycles. The second-order valence-electron chi connectivity index (χ2n) is 5.73. The van der Waals surface area contributed by atoms with Crippen molar-refractivity contribution in [2.45, 2.75) is 43.5 Å². The fraction of sp³-hybridized carbons (Fsp3) is 0.600. The van der Waals surface area contributed by atoms with E-state index < -0.39 is 10.0 Å². The van der Waals surface area contributed by atoms with Crippen molar-refractivity contribution >= 4 is 21.4 Å². The van der Waals surface area contributed by atoms with Gasteiger partial charge in [-0.3, -0.25) is 0 Å². The van der Waals surface area contributed by atoms with Crippen LogP contribution in [0.15, 0.2) is 23.1 Å². The summed E-state index contributed by atoms with van der Waals surface area (Å²) >= 11 is 0. The molecule has 0 aliphatic heterocycles. The van der Waals surface area contributed by atoms with Crippen molar-refractivity contribution in [3.63, 3.8) is 0 Å². The predicted octanol–water partition coefficient (Wildman–Crippen LogP) is 2.29. The molecular formula is C15H25N3O2S.